The van der Waals surface area contributed by atoms with Gasteiger partial charge in [0.2, 0.25) is 0 Å². The Balaban J connectivity index is 1.68. The van der Waals surface area contributed by atoms with Crippen LogP contribution in [0.25, 0.3) is 0 Å². The lowest BCUT2D eigenvalue weighted by Gasteiger charge is -2.34. The molecule has 1 amide bonds. The molecule has 0 aliphatic carbocycles. The monoisotopic (exact) mass is 497 g/mol. The van der Waals surface area contributed by atoms with E-state index in [9.17, 15) is 14.0 Å². The number of carbonyl (C=O) groups is 2. The number of benzene rings is 2. The number of esters is 1. The van der Waals surface area contributed by atoms with Crippen LogP contribution in [0, 0.1) is 5.82 Å². The van der Waals surface area contributed by atoms with Crippen LogP contribution in [0.4, 0.5) is 4.39 Å². The van der Waals surface area contributed by atoms with Crippen molar-refractivity contribution < 1.29 is 28.2 Å². The minimum atomic E-state index is -0.525. The largest absolute Gasteiger partial charge is 0.497 e. The Morgan fingerprint density at radius 2 is 1.92 bits per heavy atom. The molecule has 2 aliphatic heterocycles. The third-order valence-electron chi connectivity index (χ3n) is 6.66. The lowest BCUT2D eigenvalue weighted by molar-refractivity contribution is -0.152. The number of methoxy groups -OCH3 is 2. The van der Waals surface area contributed by atoms with Crippen LogP contribution >= 0.6 is 0 Å². The van der Waals surface area contributed by atoms with Crippen LogP contribution in [0.2, 0.25) is 0 Å². The normalized spacial score (nSPS) is 20.1. The van der Waals surface area contributed by atoms with Gasteiger partial charge in [-0.15, -0.1) is 0 Å². The summed E-state index contributed by atoms with van der Waals surface area (Å²) in [6.45, 7) is 2.67. The van der Waals surface area contributed by atoms with Crippen molar-refractivity contribution >= 4 is 17.6 Å². The van der Waals surface area contributed by atoms with Gasteiger partial charge in [-0.3, -0.25) is 14.5 Å². The van der Waals surface area contributed by atoms with Gasteiger partial charge in [0.05, 0.1) is 39.1 Å². The van der Waals surface area contributed by atoms with Gasteiger partial charge in [0, 0.05) is 17.5 Å². The van der Waals surface area contributed by atoms with Crippen LogP contribution in [0.1, 0.15) is 49.8 Å². The van der Waals surface area contributed by atoms with Crippen LogP contribution in [-0.4, -0.2) is 67.5 Å². The summed E-state index contributed by atoms with van der Waals surface area (Å²) in [5, 5.41) is 6.00. The van der Waals surface area contributed by atoms with Gasteiger partial charge in [-0.1, -0.05) is 24.6 Å². The Morgan fingerprint density at radius 1 is 1.11 bits per heavy atom. The van der Waals surface area contributed by atoms with E-state index >= 15 is 0 Å². The van der Waals surface area contributed by atoms with E-state index in [0.29, 0.717) is 47.7 Å². The van der Waals surface area contributed by atoms with E-state index < -0.39 is 17.9 Å². The molecular weight excluding hydrogens is 465 g/mol. The van der Waals surface area contributed by atoms with E-state index in [1.807, 2.05) is 11.0 Å². The molecule has 192 valence electrons. The number of rotatable bonds is 8. The molecule has 8 nitrogen and oxygen atoms in total. The van der Waals surface area contributed by atoms with E-state index in [0.717, 1.165) is 12.8 Å². The van der Waals surface area contributed by atoms with Crippen molar-refractivity contribution in [2.45, 2.75) is 44.7 Å². The molecule has 2 heterocycles. The predicted octanol–water partition coefficient (Wildman–Crippen LogP) is 3.94. The van der Waals surface area contributed by atoms with Gasteiger partial charge in [0.25, 0.3) is 5.91 Å². The minimum absolute atomic E-state index is 0.000314. The molecule has 0 unspecified atom stereocenters. The number of hydrogen-bond acceptors (Lipinski definition) is 7. The fourth-order valence-electron chi connectivity index (χ4n) is 4.87. The van der Waals surface area contributed by atoms with Gasteiger partial charge in [0.1, 0.15) is 23.4 Å². The van der Waals surface area contributed by atoms with Crippen LogP contribution in [-0.2, 0) is 14.3 Å². The number of likely N-dealkylation sites (tertiary alicyclic amines) is 1. The first-order chi connectivity index (χ1) is 17.5. The summed E-state index contributed by atoms with van der Waals surface area (Å²) < 4.78 is 30.9. The summed E-state index contributed by atoms with van der Waals surface area (Å²) in [7, 11) is 3.12. The van der Waals surface area contributed by atoms with Gasteiger partial charge in [-0.2, -0.15) is 5.10 Å². The fourth-order valence-corrected chi connectivity index (χ4v) is 4.87. The Kier molecular flexibility index (Phi) is 8.20. The fraction of sp³-hybridized carbons (Fsp3) is 0.444. The van der Waals surface area contributed by atoms with E-state index in [4.69, 9.17) is 14.2 Å². The van der Waals surface area contributed by atoms with Crippen LogP contribution < -0.4 is 9.47 Å². The molecule has 0 spiro atoms. The Morgan fingerprint density at radius 3 is 2.64 bits per heavy atom. The summed E-state index contributed by atoms with van der Waals surface area (Å²) in [4.78, 5) is 28.1. The van der Waals surface area contributed by atoms with Crippen molar-refractivity contribution in [3.63, 3.8) is 0 Å². The average molecular weight is 498 g/mol. The first kappa shape index (κ1) is 25.6. The second-order valence-electron chi connectivity index (χ2n) is 8.83. The molecule has 1 fully saturated rings. The Bertz CT molecular complexity index is 1140. The maximum Gasteiger partial charge on any atom is 0.323 e. The number of amides is 1. The Labute approximate surface area is 210 Å². The maximum atomic E-state index is 14.7. The molecule has 36 heavy (non-hydrogen) atoms. The molecule has 0 aromatic heterocycles. The second kappa shape index (κ2) is 11.5. The van der Waals surface area contributed by atoms with E-state index in [1.165, 1.54) is 11.1 Å². The lowest BCUT2D eigenvalue weighted by Crippen LogP contribution is -2.49. The first-order valence-corrected chi connectivity index (χ1v) is 12.2. The van der Waals surface area contributed by atoms with Crippen molar-refractivity contribution in [2.24, 2.45) is 5.10 Å². The number of carbonyl (C=O) groups excluding carboxylic acids is 2. The summed E-state index contributed by atoms with van der Waals surface area (Å²) in [6.07, 6.45) is 2.73. The van der Waals surface area contributed by atoms with Crippen molar-refractivity contribution in [2.75, 3.05) is 33.9 Å². The number of halogens is 1. The smallest absolute Gasteiger partial charge is 0.323 e. The summed E-state index contributed by atoms with van der Waals surface area (Å²) >= 11 is 0. The molecule has 0 radical (unpaired) electrons. The average Bonchev–Trinajstić information content (AvgIpc) is 3.34. The molecule has 0 bridgehead atoms. The Hall–Kier alpha value is -3.46. The molecule has 0 saturated carbocycles. The quantitative estimate of drug-likeness (QED) is 0.514. The third kappa shape index (κ3) is 5.36. The standard InChI is InChI=1S/C27H32FN3O5/c1-4-36-27(33)23-11-7-8-14-30(23)17-26(32)31-24(20-15-18(34-2)12-13-25(20)35-3)16-22(29-31)19-9-5-6-10-21(19)28/h5-6,9-10,12-13,15,23-24H,4,7-8,11,14,16-17H2,1-3H3/t23-,24-/m1/s1. The van der Waals surface area contributed by atoms with Gasteiger partial charge in [-0.05, 0) is 50.6 Å². The SMILES string of the molecule is CCOC(=O)[C@H]1CCCCN1CC(=O)N1N=C(c2ccccc2F)C[C@@H]1c1cc(OC)ccc1OC. The zero-order chi connectivity index (χ0) is 25.7. The van der Waals surface area contributed by atoms with Crippen molar-refractivity contribution in [1.29, 1.82) is 0 Å². The van der Waals surface area contributed by atoms with Crippen molar-refractivity contribution in [3.8, 4) is 11.5 Å². The van der Waals surface area contributed by atoms with E-state index in [-0.39, 0.29) is 25.0 Å². The van der Waals surface area contributed by atoms with E-state index in [1.54, 1.807) is 51.5 Å². The number of nitrogens with zero attached hydrogens (tertiary/aromatic N) is 3. The third-order valence-corrected chi connectivity index (χ3v) is 6.66. The molecule has 2 aromatic rings. The highest BCUT2D eigenvalue weighted by Gasteiger charge is 2.38. The van der Waals surface area contributed by atoms with Gasteiger partial charge >= 0.3 is 5.97 Å². The zero-order valence-electron chi connectivity index (χ0n) is 20.9. The molecule has 4 rings (SSSR count). The highest BCUT2D eigenvalue weighted by molar-refractivity contribution is 6.03. The zero-order valence-corrected chi connectivity index (χ0v) is 20.9. The first-order valence-electron chi connectivity index (χ1n) is 12.2. The van der Waals surface area contributed by atoms with Crippen molar-refractivity contribution in [1.82, 2.24) is 9.91 Å². The van der Waals surface area contributed by atoms with Crippen LogP contribution in [0.15, 0.2) is 47.6 Å². The lowest BCUT2D eigenvalue weighted by atomic mass is 9.97. The summed E-state index contributed by atoms with van der Waals surface area (Å²) in [5.41, 5.74) is 1.53. The van der Waals surface area contributed by atoms with Crippen molar-refractivity contribution in [3.05, 3.63) is 59.4 Å². The minimum Gasteiger partial charge on any atom is -0.497 e. The molecule has 9 heteroatoms. The number of hydrogen-bond donors (Lipinski definition) is 0. The molecule has 2 aliphatic rings. The van der Waals surface area contributed by atoms with Gasteiger partial charge in [-0.25, -0.2) is 9.40 Å². The topological polar surface area (TPSA) is 80.7 Å². The van der Waals surface area contributed by atoms with E-state index in [2.05, 4.69) is 5.10 Å². The predicted molar refractivity (Wildman–Crippen MR) is 133 cm³/mol. The molecule has 0 N–H and O–H groups in total. The number of ether oxygens (including phenoxy) is 3. The summed E-state index contributed by atoms with van der Waals surface area (Å²) in [5.74, 6) is 0.183. The van der Waals surface area contributed by atoms with Crippen LogP contribution in [0.3, 0.4) is 0 Å². The highest BCUT2D eigenvalue weighted by atomic mass is 19.1. The van der Waals surface area contributed by atoms with Gasteiger partial charge < -0.3 is 14.2 Å². The second-order valence-corrected chi connectivity index (χ2v) is 8.83. The molecule has 2 atom stereocenters. The number of piperidine rings is 1. The van der Waals surface area contributed by atoms with Gasteiger partial charge in [0.15, 0.2) is 0 Å². The highest BCUT2D eigenvalue weighted by Crippen LogP contribution is 2.39. The number of hydrazone groups is 1. The maximum absolute atomic E-state index is 14.7. The van der Waals surface area contributed by atoms with Crippen LogP contribution in [0.5, 0.6) is 11.5 Å². The molecule has 2 aromatic carbocycles. The molecule has 1 saturated heterocycles. The summed E-state index contributed by atoms with van der Waals surface area (Å²) in [6, 6.07) is 10.8. The molecular formula is C27H32FN3O5.